The molecule has 0 aliphatic carbocycles. The maximum Gasteiger partial charge on any atom is 0.0968 e. The van der Waals surface area contributed by atoms with Crippen molar-refractivity contribution in [3.8, 4) is 0 Å². The number of thiazole rings is 1. The first-order chi connectivity index (χ1) is 5.74. The van der Waals surface area contributed by atoms with E-state index in [9.17, 15) is 5.11 Å². The maximum atomic E-state index is 9.61. The molecule has 1 rings (SSSR count). The lowest BCUT2D eigenvalue weighted by molar-refractivity contribution is 0.160. The van der Waals surface area contributed by atoms with Crippen molar-refractivity contribution in [3.63, 3.8) is 0 Å². The normalized spacial score (nSPS) is 13.2. The van der Waals surface area contributed by atoms with E-state index in [0.717, 1.165) is 30.0 Å². The van der Waals surface area contributed by atoms with Crippen LogP contribution >= 0.6 is 11.3 Å². The number of aliphatic hydroxyl groups excluding tert-OH is 1. The first kappa shape index (κ1) is 9.68. The molecule has 0 aromatic carbocycles. The van der Waals surface area contributed by atoms with Gasteiger partial charge in [0.25, 0.3) is 0 Å². The van der Waals surface area contributed by atoms with Gasteiger partial charge in [0.15, 0.2) is 0 Å². The molecule has 0 saturated carbocycles. The van der Waals surface area contributed by atoms with Crippen molar-refractivity contribution in [3.05, 3.63) is 16.1 Å². The molecule has 12 heavy (non-hydrogen) atoms. The second kappa shape index (κ2) is 4.58. The van der Waals surface area contributed by atoms with Crippen molar-refractivity contribution in [1.82, 2.24) is 4.98 Å². The molecule has 0 bridgehead atoms. The van der Waals surface area contributed by atoms with Crippen molar-refractivity contribution >= 4 is 11.3 Å². The molecule has 0 aliphatic rings. The fourth-order valence-corrected chi connectivity index (χ4v) is 1.74. The van der Waals surface area contributed by atoms with Crippen LogP contribution in [0.3, 0.4) is 0 Å². The molecule has 3 heteroatoms. The number of aryl methyl sites for hydroxylation is 1. The average molecular weight is 185 g/mol. The summed E-state index contributed by atoms with van der Waals surface area (Å²) in [6.45, 7) is 4.08. The molecule has 1 N–H and O–H groups in total. The summed E-state index contributed by atoms with van der Waals surface area (Å²) < 4.78 is 0. The first-order valence-corrected chi connectivity index (χ1v) is 5.22. The highest BCUT2D eigenvalue weighted by Crippen LogP contribution is 2.20. The lowest BCUT2D eigenvalue weighted by Gasteiger charge is -2.05. The molecule has 0 amide bonds. The van der Waals surface area contributed by atoms with Crippen LogP contribution in [-0.4, -0.2) is 10.1 Å². The van der Waals surface area contributed by atoms with Crippen LogP contribution in [0.2, 0.25) is 0 Å². The Bertz CT molecular complexity index is 234. The van der Waals surface area contributed by atoms with Crippen molar-refractivity contribution < 1.29 is 5.11 Å². The Morgan fingerprint density at radius 3 is 2.92 bits per heavy atom. The van der Waals surface area contributed by atoms with E-state index in [1.807, 2.05) is 12.3 Å². The monoisotopic (exact) mass is 185 g/mol. The van der Waals surface area contributed by atoms with Crippen molar-refractivity contribution in [1.29, 1.82) is 0 Å². The number of rotatable bonds is 4. The van der Waals surface area contributed by atoms with E-state index in [2.05, 4.69) is 11.9 Å². The topological polar surface area (TPSA) is 33.1 Å². The molecule has 1 heterocycles. The van der Waals surface area contributed by atoms with Gasteiger partial charge in [0.1, 0.15) is 0 Å². The number of nitrogens with zero attached hydrogens (tertiary/aromatic N) is 1. The predicted molar refractivity (Wildman–Crippen MR) is 51.3 cm³/mol. The van der Waals surface area contributed by atoms with E-state index in [1.165, 1.54) is 0 Å². The third kappa shape index (κ3) is 2.57. The van der Waals surface area contributed by atoms with Gasteiger partial charge in [-0.15, -0.1) is 11.3 Å². The number of unbranched alkanes of at least 4 members (excludes halogenated alkanes) is 1. The van der Waals surface area contributed by atoms with Crippen LogP contribution in [0.4, 0.5) is 0 Å². The summed E-state index contributed by atoms with van der Waals surface area (Å²) >= 11 is 1.60. The second-order valence-corrected chi connectivity index (χ2v) is 4.01. The zero-order valence-electron chi connectivity index (χ0n) is 7.58. The van der Waals surface area contributed by atoms with Gasteiger partial charge in [-0.2, -0.15) is 0 Å². The Morgan fingerprint density at radius 2 is 2.42 bits per heavy atom. The van der Waals surface area contributed by atoms with Gasteiger partial charge in [-0.25, -0.2) is 4.98 Å². The zero-order valence-corrected chi connectivity index (χ0v) is 8.40. The zero-order chi connectivity index (χ0) is 8.97. The number of aromatic nitrogens is 1. The first-order valence-electron chi connectivity index (χ1n) is 4.34. The lowest BCUT2D eigenvalue weighted by Crippen LogP contribution is -1.97. The summed E-state index contributed by atoms with van der Waals surface area (Å²) in [7, 11) is 0. The van der Waals surface area contributed by atoms with Crippen LogP contribution in [-0.2, 0) is 0 Å². The van der Waals surface area contributed by atoms with Gasteiger partial charge < -0.3 is 5.11 Å². The van der Waals surface area contributed by atoms with Crippen molar-refractivity contribution in [2.75, 3.05) is 0 Å². The molecule has 0 spiro atoms. The van der Waals surface area contributed by atoms with E-state index in [-0.39, 0.29) is 6.10 Å². The van der Waals surface area contributed by atoms with E-state index >= 15 is 0 Å². The third-order valence-electron chi connectivity index (χ3n) is 1.81. The van der Waals surface area contributed by atoms with Gasteiger partial charge in [-0.1, -0.05) is 19.8 Å². The summed E-state index contributed by atoms with van der Waals surface area (Å²) in [5.74, 6) is 0. The van der Waals surface area contributed by atoms with E-state index < -0.39 is 0 Å². The average Bonchev–Trinajstić information content (AvgIpc) is 2.47. The van der Waals surface area contributed by atoms with Crippen molar-refractivity contribution in [2.24, 2.45) is 0 Å². The minimum atomic E-state index is -0.352. The number of hydrogen-bond donors (Lipinski definition) is 1. The minimum Gasteiger partial charge on any atom is -0.387 e. The maximum absolute atomic E-state index is 9.61. The molecule has 2 nitrogen and oxygen atoms in total. The fraction of sp³-hybridized carbons (Fsp3) is 0.667. The van der Waals surface area contributed by atoms with Gasteiger partial charge in [0.2, 0.25) is 0 Å². The van der Waals surface area contributed by atoms with Gasteiger partial charge in [0, 0.05) is 5.38 Å². The summed E-state index contributed by atoms with van der Waals surface area (Å²) in [5, 5.41) is 12.6. The van der Waals surface area contributed by atoms with Gasteiger partial charge in [-0.3, -0.25) is 0 Å². The summed E-state index contributed by atoms with van der Waals surface area (Å²) in [6, 6.07) is 0. The Hall–Kier alpha value is -0.410. The molecular weight excluding hydrogens is 170 g/mol. The Kier molecular flexibility index (Phi) is 3.69. The summed E-state index contributed by atoms with van der Waals surface area (Å²) in [5.41, 5.74) is 0.839. The molecule has 0 fully saturated rings. The van der Waals surface area contributed by atoms with Crippen LogP contribution < -0.4 is 0 Å². The summed E-state index contributed by atoms with van der Waals surface area (Å²) in [4.78, 5) is 4.23. The molecule has 1 atom stereocenters. The molecule has 0 saturated heterocycles. The lowest BCUT2D eigenvalue weighted by atomic mass is 10.1. The quantitative estimate of drug-likeness (QED) is 0.782. The smallest absolute Gasteiger partial charge is 0.0968 e. The highest BCUT2D eigenvalue weighted by atomic mass is 32.1. The van der Waals surface area contributed by atoms with E-state index in [1.54, 1.807) is 11.3 Å². The highest BCUT2D eigenvalue weighted by molar-refractivity contribution is 7.09. The van der Waals surface area contributed by atoms with Crippen LogP contribution in [0.1, 0.15) is 43.0 Å². The Morgan fingerprint density at radius 1 is 1.67 bits per heavy atom. The standard InChI is InChI=1S/C9H15NOS/c1-3-4-5-9(11)8-6-12-7(2)10-8/h6,9,11H,3-5H2,1-2H3. The Labute approximate surface area is 77.3 Å². The molecule has 1 aromatic rings. The van der Waals surface area contributed by atoms with Crippen LogP contribution in [0.5, 0.6) is 0 Å². The minimum absolute atomic E-state index is 0.352. The van der Waals surface area contributed by atoms with Crippen LogP contribution in [0.15, 0.2) is 5.38 Å². The van der Waals surface area contributed by atoms with Gasteiger partial charge in [0.05, 0.1) is 16.8 Å². The highest BCUT2D eigenvalue weighted by Gasteiger charge is 2.09. The van der Waals surface area contributed by atoms with Crippen LogP contribution in [0.25, 0.3) is 0 Å². The third-order valence-corrected chi connectivity index (χ3v) is 2.60. The SMILES string of the molecule is CCCCC(O)c1csc(C)n1. The fourth-order valence-electron chi connectivity index (χ4n) is 1.08. The van der Waals surface area contributed by atoms with Gasteiger partial charge in [-0.05, 0) is 13.3 Å². The van der Waals surface area contributed by atoms with Crippen LogP contribution in [0, 0.1) is 6.92 Å². The van der Waals surface area contributed by atoms with E-state index in [0.29, 0.717) is 0 Å². The number of hydrogen-bond acceptors (Lipinski definition) is 3. The Balaban J connectivity index is 2.47. The molecule has 1 unspecified atom stereocenters. The number of aliphatic hydroxyl groups is 1. The summed E-state index contributed by atoms with van der Waals surface area (Å²) in [6.07, 6.45) is 2.67. The molecule has 68 valence electrons. The molecule has 1 aromatic heterocycles. The predicted octanol–water partition coefficient (Wildman–Crippen LogP) is 2.68. The van der Waals surface area contributed by atoms with Crippen molar-refractivity contribution in [2.45, 2.75) is 39.2 Å². The second-order valence-electron chi connectivity index (χ2n) is 2.95. The molecular formula is C9H15NOS. The molecule has 0 radical (unpaired) electrons. The molecule has 0 aliphatic heterocycles. The van der Waals surface area contributed by atoms with E-state index in [4.69, 9.17) is 0 Å². The largest absolute Gasteiger partial charge is 0.387 e. The van der Waals surface area contributed by atoms with Gasteiger partial charge >= 0.3 is 0 Å².